The number of rotatable bonds is 3. The quantitative estimate of drug-likeness (QED) is 0.254. The molecule has 0 amide bonds. The topological polar surface area (TPSA) is 12.9 Å². The van der Waals surface area contributed by atoms with Crippen molar-refractivity contribution in [1.82, 2.24) is 4.98 Å². The van der Waals surface area contributed by atoms with Crippen LogP contribution < -0.4 is 9.92 Å². The molecule has 3 aromatic carbocycles. The van der Waals surface area contributed by atoms with E-state index in [-0.39, 0.29) is 13.3 Å². The largest absolute Gasteiger partial charge is 0.255 e. The van der Waals surface area contributed by atoms with E-state index in [4.69, 9.17) is 4.98 Å². The minimum Gasteiger partial charge on any atom is -0.255 e. The summed E-state index contributed by atoms with van der Waals surface area (Å²) in [5.41, 5.74) is 5.16. The molecule has 0 aliphatic carbocycles. The van der Waals surface area contributed by atoms with Crippen molar-refractivity contribution in [3.05, 3.63) is 90.1 Å². The van der Waals surface area contributed by atoms with Gasteiger partial charge in [-0.2, -0.15) is 0 Å². The van der Waals surface area contributed by atoms with Gasteiger partial charge in [0.25, 0.3) is 0 Å². The Kier molecular flexibility index (Phi) is 5.40. The lowest BCUT2D eigenvalue weighted by Crippen LogP contribution is -2.12. The van der Waals surface area contributed by atoms with E-state index in [1.54, 1.807) is 0 Å². The number of fused-ring (bicyclic) bond motifs is 2. The Morgan fingerprint density at radius 1 is 0.844 bits per heavy atom. The van der Waals surface area contributed by atoms with Gasteiger partial charge in [0.15, 0.2) is 0 Å². The highest BCUT2D eigenvalue weighted by Gasteiger charge is 2.22. The third-order valence-corrected chi connectivity index (χ3v) is 10.4. The Morgan fingerprint density at radius 3 is 2.31 bits per heavy atom. The van der Waals surface area contributed by atoms with Crippen LogP contribution in [0.5, 0.6) is 0 Å². The van der Waals surface area contributed by atoms with Gasteiger partial charge < -0.3 is 0 Å². The molecule has 0 saturated carbocycles. The number of pyridine rings is 1. The van der Waals surface area contributed by atoms with Crippen LogP contribution in [0.3, 0.4) is 0 Å². The maximum absolute atomic E-state index is 4.91. The number of nitrogens with zero attached hydrogens (tertiary/aromatic N) is 1. The second-order valence-corrected chi connectivity index (χ2v) is 12.9. The second kappa shape index (κ2) is 8.10. The van der Waals surface area contributed by atoms with E-state index in [0.29, 0.717) is 0 Å². The van der Waals surface area contributed by atoms with Crippen LogP contribution in [0, 0.1) is 6.92 Å². The standard InChI is InChI=1S/C29H28NPS/c1-19-23-15-16-30-26(27(23)32-28(19)31(5)22-12-7-6-8-13-22)21-17-20-11-9-10-14-24(20)25(18-21)29(2,3)4/h6-18H,1-5H3. The fraction of sp³-hybridized carbons (Fsp3) is 0.207. The summed E-state index contributed by atoms with van der Waals surface area (Å²) >= 11 is 1.93. The first-order valence-electron chi connectivity index (χ1n) is 11.0. The SMILES string of the molecule is Cc1c(P(C)c2ccccc2)sc2c(-c3cc(C(C)(C)C)c4ccccc4c3)nccc12. The molecule has 32 heavy (non-hydrogen) atoms. The Bertz CT molecular complexity index is 1430. The molecule has 0 spiro atoms. The predicted molar refractivity (Wildman–Crippen MR) is 145 cm³/mol. The number of benzene rings is 3. The van der Waals surface area contributed by atoms with Gasteiger partial charge in [-0.25, -0.2) is 0 Å². The van der Waals surface area contributed by atoms with Crippen LogP contribution in [0.1, 0.15) is 31.9 Å². The van der Waals surface area contributed by atoms with Crippen LogP contribution in [0.2, 0.25) is 0 Å². The first kappa shape index (κ1) is 21.3. The van der Waals surface area contributed by atoms with Gasteiger partial charge in [-0.3, -0.25) is 4.98 Å². The van der Waals surface area contributed by atoms with Gasteiger partial charge in [-0.15, -0.1) is 11.3 Å². The molecular weight excluding hydrogens is 425 g/mol. The Balaban J connectivity index is 1.73. The highest BCUT2D eigenvalue weighted by molar-refractivity contribution is 7.78. The van der Waals surface area contributed by atoms with Crippen molar-refractivity contribution in [2.75, 3.05) is 6.66 Å². The molecule has 0 radical (unpaired) electrons. The molecule has 2 aromatic heterocycles. The second-order valence-electron chi connectivity index (χ2n) is 9.46. The summed E-state index contributed by atoms with van der Waals surface area (Å²) in [6.45, 7) is 11.5. The lowest BCUT2D eigenvalue weighted by molar-refractivity contribution is 0.596. The fourth-order valence-corrected chi connectivity index (χ4v) is 8.17. The minimum atomic E-state index is -0.382. The molecule has 1 nitrogen and oxygen atoms in total. The molecule has 160 valence electrons. The first-order chi connectivity index (χ1) is 15.3. The van der Waals surface area contributed by atoms with Gasteiger partial charge in [0.1, 0.15) is 0 Å². The molecule has 0 N–H and O–H groups in total. The Labute approximate surface area is 195 Å². The third kappa shape index (κ3) is 3.66. The predicted octanol–water partition coefficient (Wildman–Crippen LogP) is 7.78. The van der Waals surface area contributed by atoms with Gasteiger partial charge in [-0.1, -0.05) is 75.4 Å². The van der Waals surface area contributed by atoms with Crippen molar-refractivity contribution < 1.29 is 0 Å². The number of hydrogen-bond acceptors (Lipinski definition) is 2. The molecule has 0 saturated heterocycles. The van der Waals surface area contributed by atoms with Crippen molar-refractivity contribution in [2.24, 2.45) is 0 Å². The summed E-state index contributed by atoms with van der Waals surface area (Å²) in [6, 6.07) is 26.5. The van der Waals surface area contributed by atoms with E-state index >= 15 is 0 Å². The van der Waals surface area contributed by atoms with Gasteiger partial charge in [-0.05, 0) is 77.7 Å². The van der Waals surface area contributed by atoms with E-state index in [0.717, 1.165) is 5.69 Å². The molecule has 0 aliphatic heterocycles. The average Bonchev–Trinajstić information content (AvgIpc) is 3.14. The summed E-state index contributed by atoms with van der Waals surface area (Å²) in [5.74, 6) is 0. The van der Waals surface area contributed by atoms with Crippen molar-refractivity contribution in [3.63, 3.8) is 0 Å². The van der Waals surface area contributed by atoms with E-state index in [1.807, 2.05) is 17.5 Å². The molecule has 3 heteroatoms. The van der Waals surface area contributed by atoms with Crippen LogP contribution in [-0.4, -0.2) is 11.6 Å². The molecule has 5 rings (SSSR count). The molecular formula is C29H28NPS. The van der Waals surface area contributed by atoms with Crippen molar-refractivity contribution in [1.29, 1.82) is 0 Å². The van der Waals surface area contributed by atoms with E-state index in [9.17, 15) is 0 Å². The molecule has 0 aliphatic rings. The number of hydrogen-bond donors (Lipinski definition) is 0. The van der Waals surface area contributed by atoms with Crippen LogP contribution in [0.25, 0.3) is 32.1 Å². The molecule has 2 heterocycles. The summed E-state index contributed by atoms with van der Waals surface area (Å²) in [5, 5.41) is 5.38. The lowest BCUT2D eigenvalue weighted by atomic mass is 9.82. The first-order valence-corrected chi connectivity index (χ1v) is 13.7. The van der Waals surface area contributed by atoms with Crippen molar-refractivity contribution in [2.45, 2.75) is 33.1 Å². The monoisotopic (exact) mass is 453 g/mol. The van der Waals surface area contributed by atoms with E-state index < -0.39 is 0 Å². The smallest absolute Gasteiger partial charge is 0.0880 e. The Hall–Kier alpha value is -2.54. The number of aryl methyl sites for hydroxylation is 1. The van der Waals surface area contributed by atoms with Crippen LogP contribution in [-0.2, 0) is 5.41 Å². The maximum Gasteiger partial charge on any atom is 0.0880 e. The van der Waals surface area contributed by atoms with E-state index in [2.05, 4.69) is 107 Å². The third-order valence-electron chi connectivity index (χ3n) is 6.22. The normalized spacial score (nSPS) is 13.0. The molecule has 5 aromatic rings. The summed E-state index contributed by atoms with van der Waals surface area (Å²) in [7, 11) is -0.382. The van der Waals surface area contributed by atoms with Gasteiger partial charge in [0.2, 0.25) is 0 Å². The highest BCUT2D eigenvalue weighted by atomic mass is 32.1. The Morgan fingerprint density at radius 2 is 1.56 bits per heavy atom. The number of aromatic nitrogens is 1. The van der Waals surface area contributed by atoms with E-state index in [1.165, 1.54) is 47.5 Å². The molecule has 0 fully saturated rings. The maximum atomic E-state index is 4.91. The summed E-state index contributed by atoms with van der Waals surface area (Å²) in [6.07, 6.45) is 1.98. The van der Waals surface area contributed by atoms with Gasteiger partial charge in [0, 0.05) is 16.4 Å². The highest BCUT2D eigenvalue weighted by Crippen LogP contribution is 2.42. The zero-order valence-electron chi connectivity index (χ0n) is 19.3. The van der Waals surface area contributed by atoms with Crippen LogP contribution >= 0.6 is 19.3 Å². The molecule has 0 bridgehead atoms. The van der Waals surface area contributed by atoms with Crippen LogP contribution in [0.4, 0.5) is 0 Å². The van der Waals surface area contributed by atoms with Gasteiger partial charge >= 0.3 is 0 Å². The lowest BCUT2D eigenvalue weighted by Gasteiger charge is -2.22. The zero-order chi connectivity index (χ0) is 22.5. The van der Waals surface area contributed by atoms with Crippen LogP contribution in [0.15, 0.2) is 79.0 Å². The average molecular weight is 454 g/mol. The molecule has 1 unspecified atom stereocenters. The van der Waals surface area contributed by atoms with Gasteiger partial charge in [0.05, 0.1) is 10.4 Å². The zero-order valence-corrected chi connectivity index (χ0v) is 21.0. The summed E-state index contributed by atoms with van der Waals surface area (Å²) in [4.78, 5) is 4.91. The number of thiophene rings is 1. The summed E-state index contributed by atoms with van der Waals surface area (Å²) < 4.78 is 2.80. The van der Waals surface area contributed by atoms with Crippen molar-refractivity contribution in [3.8, 4) is 11.3 Å². The fourth-order valence-electron chi connectivity index (χ4n) is 4.50. The minimum absolute atomic E-state index is 0.0606. The van der Waals surface area contributed by atoms with Crippen molar-refractivity contribution >= 4 is 50.0 Å². The molecule has 1 atom stereocenters.